The van der Waals surface area contributed by atoms with Crippen LogP contribution in [0.1, 0.15) is 46.5 Å². The molecule has 0 radical (unpaired) electrons. The quantitative estimate of drug-likeness (QED) is 0.484. The van der Waals surface area contributed by atoms with E-state index >= 15 is 0 Å². The molecule has 1 aliphatic heterocycles. The van der Waals surface area contributed by atoms with Gasteiger partial charge in [0.25, 0.3) is 0 Å². The number of hydrogen-bond acceptors (Lipinski definition) is 5. The third-order valence-electron chi connectivity index (χ3n) is 5.12. The first-order valence-electron chi connectivity index (χ1n) is 10.8. The van der Waals surface area contributed by atoms with Crippen LogP contribution in [0, 0.1) is 5.92 Å². The van der Waals surface area contributed by atoms with Gasteiger partial charge in [-0.3, -0.25) is 9.79 Å². The molecule has 1 unspecified atom stereocenters. The molecule has 1 saturated heterocycles. The summed E-state index contributed by atoms with van der Waals surface area (Å²) in [5.41, 5.74) is 0. The van der Waals surface area contributed by atoms with Crippen LogP contribution in [0.5, 0.6) is 0 Å². The van der Waals surface area contributed by atoms with Crippen molar-refractivity contribution in [2.45, 2.75) is 52.5 Å². The highest BCUT2D eigenvalue weighted by molar-refractivity contribution is 5.81. The SMILES string of the molecule is CN=C(NCCC(=O)N1CCN(c2ncccn2)CC1)NC(C)CCCC(C)C. The number of nitrogens with zero attached hydrogens (tertiary/aromatic N) is 5. The number of aromatic nitrogens is 2. The fraction of sp³-hybridized carbons (Fsp3) is 0.714. The van der Waals surface area contributed by atoms with E-state index in [4.69, 9.17) is 0 Å². The first kappa shape index (κ1) is 22.9. The van der Waals surface area contributed by atoms with Crippen molar-refractivity contribution in [1.29, 1.82) is 0 Å². The Balaban J connectivity index is 1.64. The Labute approximate surface area is 175 Å². The van der Waals surface area contributed by atoms with Crippen molar-refractivity contribution in [2.24, 2.45) is 10.9 Å². The maximum absolute atomic E-state index is 12.5. The fourth-order valence-electron chi connectivity index (χ4n) is 3.39. The Hall–Kier alpha value is -2.38. The van der Waals surface area contributed by atoms with Gasteiger partial charge in [0.2, 0.25) is 11.9 Å². The zero-order valence-electron chi connectivity index (χ0n) is 18.4. The molecule has 1 fully saturated rings. The van der Waals surface area contributed by atoms with E-state index in [0.29, 0.717) is 32.1 Å². The second-order valence-corrected chi connectivity index (χ2v) is 8.04. The topological polar surface area (TPSA) is 85.8 Å². The first-order chi connectivity index (χ1) is 14.0. The largest absolute Gasteiger partial charge is 0.356 e. The van der Waals surface area contributed by atoms with Crippen molar-refractivity contribution < 1.29 is 4.79 Å². The van der Waals surface area contributed by atoms with Crippen LogP contribution in [0.4, 0.5) is 5.95 Å². The van der Waals surface area contributed by atoms with Crippen LogP contribution in [0.25, 0.3) is 0 Å². The fourth-order valence-corrected chi connectivity index (χ4v) is 3.39. The van der Waals surface area contributed by atoms with E-state index in [2.05, 4.69) is 51.3 Å². The van der Waals surface area contributed by atoms with Gasteiger partial charge in [0.15, 0.2) is 5.96 Å². The van der Waals surface area contributed by atoms with Gasteiger partial charge >= 0.3 is 0 Å². The van der Waals surface area contributed by atoms with E-state index in [-0.39, 0.29) is 5.91 Å². The molecule has 2 N–H and O–H groups in total. The van der Waals surface area contributed by atoms with Crippen LogP contribution in [0.2, 0.25) is 0 Å². The van der Waals surface area contributed by atoms with Crippen molar-refractivity contribution in [3.05, 3.63) is 18.5 Å². The minimum absolute atomic E-state index is 0.173. The van der Waals surface area contributed by atoms with Crippen LogP contribution in [0.3, 0.4) is 0 Å². The molecule has 1 aromatic rings. The Bertz CT molecular complexity index is 627. The molecular formula is C21H37N7O. The standard InChI is InChI=1S/C21H37N7O/c1-17(2)7-5-8-18(3)26-20(22-4)23-12-9-19(29)27-13-15-28(16-14-27)21-24-10-6-11-25-21/h6,10-11,17-18H,5,7-9,12-16H2,1-4H3,(H2,22,23,26). The highest BCUT2D eigenvalue weighted by Gasteiger charge is 2.22. The molecule has 162 valence electrons. The Morgan fingerprint density at radius 1 is 1.14 bits per heavy atom. The molecule has 8 nitrogen and oxygen atoms in total. The van der Waals surface area contributed by atoms with Crippen molar-refractivity contribution in [3.8, 4) is 0 Å². The Morgan fingerprint density at radius 3 is 2.45 bits per heavy atom. The van der Waals surface area contributed by atoms with E-state index in [1.165, 1.54) is 12.8 Å². The van der Waals surface area contributed by atoms with E-state index in [0.717, 1.165) is 37.3 Å². The summed E-state index contributed by atoms with van der Waals surface area (Å²) in [6.07, 6.45) is 7.53. The lowest BCUT2D eigenvalue weighted by molar-refractivity contribution is -0.131. The number of nitrogens with one attached hydrogen (secondary N) is 2. The molecule has 2 heterocycles. The predicted molar refractivity (Wildman–Crippen MR) is 118 cm³/mol. The minimum atomic E-state index is 0.173. The summed E-state index contributed by atoms with van der Waals surface area (Å²) in [5.74, 6) is 2.42. The van der Waals surface area contributed by atoms with E-state index in [9.17, 15) is 4.79 Å². The van der Waals surface area contributed by atoms with Gasteiger partial charge in [-0.1, -0.05) is 26.7 Å². The summed E-state index contributed by atoms with van der Waals surface area (Å²) in [7, 11) is 1.77. The lowest BCUT2D eigenvalue weighted by atomic mass is 10.0. The smallest absolute Gasteiger partial charge is 0.225 e. The summed E-state index contributed by atoms with van der Waals surface area (Å²) in [6.45, 7) is 10.2. The van der Waals surface area contributed by atoms with Gasteiger partial charge in [-0.15, -0.1) is 0 Å². The highest BCUT2D eigenvalue weighted by atomic mass is 16.2. The Kier molecular flexibility index (Phi) is 9.67. The predicted octanol–water partition coefficient (Wildman–Crippen LogP) is 1.90. The van der Waals surface area contributed by atoms with Crippen molar-refractivity contribution >= 4 is 17.8 Å². The van der Waals surface area contributed by atoms with Gasteiger partial charge in [-0.05, 0) is 25.3 Å². The van der Waals surface area contributed by atoms with Crippen molar-refractivity contribution in [3.63, 3.8) is 0 Å². The number of amides is 1. The van der Waals surface area contributed by atoms with Gasteiger partial charge in [0.1, 0.15) is 0 Å². The molecule has 1 aliphatic rings. The van der Waals surface area contributed by atoms with Gasteiger partial charge in [0.05, 0.1) is 0 Å². The molecule has 2 rings (SSSR count). The maximum atomic E-state index is 12.5. The lowest BCUT2D eigenvalue weighted by Crippen LogP contribution is -2.50. The summed E-state index contributed by atoms with van der Waals surface area (Å²) in [6, 6.07) is 2.18. The molecule has 0 spiro atoms. The molecule has 0 aromatic carbocycles. The highest BCUT2D eigenvalue weighted by Crippen LogP contribution is 2.10. The monoisotopic (exact) mass is 403 g/mol. The van der Waals surface area contributed by atoms with Crippen LogP contribution in [-0.2, 0) is 4.79 Å². The van der Waals surface area contributed by atoms with Gasteiger partial charge in [-0.2, -0.15) is 0 Å². The number of carbonyl (C=O) groups is 1. The van der Waals surface area contributed by atoms with Gasteiger partial charge < -0.3 is 20.4 Å². The Morgan fingerprint density at radius 2 is 1.83 bits per heavy atom. The van der Waals surface area contributed by atoms with E-state index < -0.39 is 0 Å². The molecule has 1 atom stereocenters. The summed E-state index contributed by atoms with van der Waals surface area (Å²) >= 11 is 0. The van der Waals surface area contributed by atoms with E-state index in [1.807, 2.05) is 11.0 Å². The van der Waals surface area contributed by atoms with Crippen LogP contribution in [-0.4, -0.2) is 72.5 Å². The summed E-state index contributed by atoms with van der Waals surface area (Å²) < 4.78 is 0. The van der Waals surface area contributed by atoms with Crippen LogP contribution >= 0.6 is 0 Å². The zero-order valence-corrected chi connectivity index (χ0v) is 18.4. The average molecular weight is 404 g/mol. The maximum Gasteiger partial charge on any atom is 0.225 e. The molecule has 29 heavy (non-hydrogen) atoms. The molecule has 1 aromatic heterocycles. The number of hydrogen-bond donors (Lipinski definition) is 2. The van der Waals surface area contributed by atoms with Gasteiger partial charge in [-0.25, -0.2) is 9.97 Å². The zero-order chi connectivity index (χ0) is 21.1. The van der Waals surface area contributed by atoms with Crippen molar-refractivity contribution in [1.82, 2.24) is 25.5 Å². The lowest BCUT2D eigenvalue weighted by Gasteiger charge is -2.34. The normalized spacial score (nSPS) is 16.1. The number of rotatable bonds is 9. The molecular weight excluding hydrogens is 366 g/mol. The number of aliphatic imine (C=N–C) groups is 1. The summed E-state index contributed by atoms with van der Waals surface area (Å²) in [5, 5.41) is 6.68. The van der Waals surface area contributed by atoms with Gasteiger partial charge in [0, 0.05) is 64.6 Å². The number of anilines is 1. The van der Waals surface area contributed by atoms with Crippen LogP contribution < -0.4 is 15.5 Å². The van der Waals surface area contributed by atoms with E-state index in [1.54, 1.807) is 19.4 Å². The number of carbonyl (C=O) groups excluding carboxylic acids is 1. The number of piperazine rings is 1. The third-order valence-corrected chi connectivity index (χ3v) is 5.12. The summed E-state index contributed by atoms with van der Waals surface area (Å²) in [4.78, 5) is 29.4. The molecule has 0 aliphatic carbocycles. The molecule has 0 bridgehead atoms. The minimum Gasteiger partial charge on any atom is -0.356 e. The molecule has 8 heteroatoms. The molecule has 0 saturated carbocycles. The third kappa shape index (κ3) is 8.25. The average Bonchev–Trinajstić information content (AvgIpc) is 2.73. The second-order valence-electron chi connectivity index (χ2n) is 8.04. The second kappa shape index (κ2) is 12.2. The number of guanidine groups is 1. The first-order valence-corrected chi connectivity index (χ1v) is 10.8. The van der Waals surface area contributed by atoms with Crippen LogP contribution in [0.15, 0.2) is 23.5 Å². The van der Waals surface area contributed by atoms with Crippen molar-refractivity contribution in [2.75, 3.05) is 44.7 Å². The molecule has 1 amide bonds.